The third-order valence-corrected chi connectivity index (χ3v) is 7.05. The first-order chi connectivity index (χ1) is 18.9. The van der Waals surface area contributed by atoms with Gasteiger partial charge in [0.05, 0.1) is 18.7 Å². The molecule has 4 heterocycles. The number of hydrogen-bond donors (Lipinski definition) is 1. The Kier molecular flexibility index (Phi) is 6.43. The molecule has 1 unspecified atom stereocenters. The van der Waals surface area contributed by atoms with Crippen LogP contribution in [0.25, 0.3) is 11.4 Å². The number of halogens is 2. The summed E-state index contributed by atoms with van der Waals surface area (Å²) in [5, 5.41) is 8.18. The van der Waals surface area contributed by atoms with E-state index in [1.807, 2.05) is 37.3 Å². The van der Waals surface area contributed by atoms with Gasteiger partial charge in [-0.2, -0.15) is 0 Å². The van der Waals surface area contributed by atoms with Crippen molar-refractivity contribution in [2.24, 2.45) is 0 Å². The lowest BCUT2D eigenvalue weighted by Crippen LogP contribution is -2.57. The lowest BCUT2D eigenvalue weighted by molar-refractivity contribution is -0.112. The minimum atomic E-state index is -0.705. The van der Waals surface area contributed by atoms with Gasteiger partial charge in [-0.15, -0.1) is 10.2 Å². The van der Waals surface area contributed by atoms with E-state index < -0.39 is 23.3 Å². The van der Waals surface area contributed by atoms with Crippen LogP contribution in [-0.2, 0) is 24.3 Å². The summed E-state index contributed by atoms with van der Waals surface area (Å²) >= 11 is 0. The smallest absolute Gasteiger partial charge is 0.276 e. The van der Waals surface area contributed by atoms with E-state index in [2.05, 4.69) is 15.2 Å². The molecular weight excluding hydrogens is 508 g/mol. The van der Waals surface area contributed by atoms with E-state index in [9.17, 15) is 18.4 Å². The van der Waals surface area contributed by atoms with E-state index in [1.54, 1.807) is 15.7 Å². The van der Waals surface area contributed by atoms with Crippen LogP contribution in [0.5, 0.6) is 5.75 Å². The number of H-pyrrole nitrogens is 1. The van der Waals surface area contributed by atoms with Crippen molar-refractivity contribution in [2.45, 2.75) is 45.2 Å². The molecule has 0 bridgehead atoms. The zero-order chi connectivity index (χ0) is 27.1. The van der Waals surface area contributed by atoms with E-state index in [0.717, 1.165) is 17.7 Å². The van der Waals surface area contributed by atoms with Crippen LogP contribution in [-0.4, -0.2) is 49.4 Å². The third kappa shape index (κ3) is 4.69. The van der Waals surface area contributed by atoms with Crippen molar-refractivity contribution < 1.29 is 23.0 Å². The summed E-state index contributed by atoms with van der Waals surface area (Å²) in [5.74, 6) is -1.37. The van der Waals surface area contributed by atoms with Crippen LogP contribution < -0.4 is 10.2 Å². The lowest BCUT2D eigenvalue weighted by Gasteiger charge is -2.44. The highest BCUT2D eigenvalue weighted by Crippen LogP contribution is 2.31. The second-order valence-electron chi connectivity index (χ2n) is 9.68. The van der Waals surface area contributed by atoms with Crippen molar-refractivity contribution in [3.63, 3.8) is 0 Å². The van der Waals surface area contributed by atoms with Crippen molar-refractivity contribution >= 4 is 5.91 Å². The summed E-state index contributed by atoms with van der Waals surface area (Å²) in [6, 6.07) is 12.6. The molecule has 9 nitrogen and oxygen atoms in total. The van der Waals surface area contributed by atoms with Crippen LogP contribution in [0, 0.1) is 11.6 Å². The summed E-state index contributed by atoms with van der Waals surface area (Å²) in [7, 11) is 0. The van der Waals surface area contributed by atoms with E-state index >= 15 is 0 Å². The van der Waals surface area contributed by atoms with Gasteiger partial charge >= 0.3 is 0 Å². The molecule has 4 aromatic rings. The van der Waals surface area contributed by atoms with Crippen LogP contribution in [0.4, 0.5) is 8.78 Å². The van der Waals surface area contributed by atoms with Gasteiger partial charge < -0.3 is 23.9 Å². The fourth-order valence-corrected chi connectivity index (χ4v) is 5.02. The fourth-order valence-electron chi connectivity index (χ4n) is 5.02. The number of nitrogens with zero attached hydrogens (tertiary/aromatic N) is 4. The largest absolute Gasteiger partial charge is 0.483 e. The summed E-state index contributed by atoms with van der Waals surface area (Å²) in [5.41, 5.74) is 0.833. The van der Waals surface area contributed by atoms with Gasteiger partial charge in [-0.3, -0.25) is 9.59 Å². The van der Waals surface area contributed by atoms with Gasteiger partial charge in [0.2, 0.25) is 5.43 Å². The number of amides is 1. The van der Waals surface area contributed by atoms with Crippen molar-refractivity contribution in [2.75, 3.05) is 6.61 Å². The Labute approximate surface area is 222 Å². The first-order valence-corrected chi connectivity index (χ1v) is 12.6. The number of pyridine rings is 1. The van der Waals surface area contributed by atoms with E-state index in [4.69, 9.17) is 9.47 Å². The van der Waals surface area contributed by atoms with Crippen molar-refractivity contribution in [3.8, 4) is 17.1 Å². The van der Waals surface area contributed by atoms with E-state index in [0.29, 0.717) is 19.6 Å². The fraction of sp³-hybridized carbons (Fsp3) is 0.286. The zero-order valence-electron chi connectivity index (χ0n) is 21.1. The number of hydrogen-bond acceptors (Lipinski definition) is 6. The Morgan fingerprint density at radius 1 is 1.13 bits per heavy atom. The molecule has 2 aromatic heterocycles. The summed E-state index contributed by atoms with van der Waals surface area (Å²) in [6.45, 7) is 2.88. The molecule has 0 spiro atoms. The molecule has 2 aromatic carbocycles. The van der Waals surface area contributed by atoms with Crippen molar-refractivity contribution in [1.82, 2.24) is 24.6 Å². The Morgan fingerprint density at radius 3 is 2.74 bits per heavy atom. The number of aromatic amines is 1. The standard InChI is InChI=1S/C28H25F2N5O4/c1-16-9-10-38-23-14-34-13-20(27-31-22(32-33-27)11-18-7-8-19(29)12-21(18)30)25(36)26(24(34)28(37)35(16)23)39-15-17-5-3-2-4-6-17/h2-8,12-13,16,23H,9-11,14-15H2,1H3,(H,31,32,33)/t16-,23?/m1/s1. The number of rotatable bonds is 6. The molecule has 200 valence electrons. The average molecular weight is 534 g/mol. The highest BCUT2D eigenvalue weighted by atomic mass is 19.1. The average Bonchev–Trinajstić information content (AvgIpc) is 3.38. The SMILES string of the molecule is C[C@@H]1CCOC2Cn3cc(-c4nnc(Cc5ccc(F)cc5F)[nH]4)c(=O)c(OCc4ccccc4)c3C(=O)N21. The Morgan fingerprint density at radius 2 is 1.95 bits per heavy atom. The zero-order valence-corrected chi connectivity index (χ0v) is 21.1. The van der Waals surface area contributed by atoms with Crippen molar-refractivity contribution in [3.05, 3.63) is 99.2 Å². The third-order valence-electron chi connectivity index (χ3n) is 7.05. The number of fused-ring (bicyclic) bond motifs is 2. The maximum atomic E-state index is 14.2. The highest BCUT2D eigenvalue weighted by molar-refractivity contribution is 5.96. The van der Waals surface area contributed by atoms with Crippen LogP contribution in [0.3, 0.4) is 0 Å². The van der Waals surface area contributed by atoms with Crippen LogP contribution in [0.15, 0.2) is 59.5 Å². The summed E-state index contributed by atoms with van der Waals surface area (Å²) in [6.07, 6.45) is 1.79. The predicted octanol–water partition coefficient (Wildman–Crippen LogP) is 3.67. The second-order valence-corrected chi connectivity index (χ2v) is 9.68. The molecule has 2 atom stereocenters. The van der Waals surface area contributed by atoms with Gasteiger partial charge in [-0.05, 0) is 30.5 Å². The van der Waals surface area contributed by atoms with Gasteiger partial charge in [0.25, 0.3) is 5.91 Å². The molecule has 2 aliphatic rings. The maximum Gasteiger partial charge on any atom is 0.276 e. The number of carbonyl (C=O) groups excluding carboxylic acids is 1. The molecule has 1 saturated heterocycles. The Bertz CT molecular complexity index is 1600. The molecule has 1 fully saturated rings. The van der Waals surface area contributed by atoms with E-state index in [1.165, 1.54) is 6.07 Å². The second kappa shape index (κ2) is 10.1. The highest BCUT2D eigenvalue weighted by Gasteiger charge is 2.41. The van der Waals surface area contributed by atoms with Gasteiger partial charge in [0.15, 0.2) is 23.5 Å². The van der Waals surface area contributed by atoms with Gasteiger partial charge in [0, 0.05) is 24.7 Å². The van der Waals surface area contributed by atoms with Crippen LogP contribution >= 0.6 is 0 Å². The number of ether oxygens (including phenoxy) is 2. The summed E-state index contributed by atoms with van der Waals surface area (Å²) in [4.78, 5) is 32.1. The Hall–Kier alpha value is -4.38. The Balaban J connectivity index is 1.40. The number of carbonyl (C=O) groups is 1. The molecule has 0 aliphatic carbocycles. The maximum absolute atomic E-state index is 14.2. The summed E-state index contributed by atoms with van der Waals surface area (Å²) < 4.78 is 41.1. The topological polar surface area (TPSA) is 102 Å². The van der Waals surface area contributed by atoms with Crippen LogP contribution in [0.1, 0.15) is 40.8 Å². The van der Waals surface area contributed by atoms with E-state index in [-0.39, 0.29) is 59.2 Å². The van der Waals surface area contributed by atoms with Gasteiger partial charge in [-0.1, -0.05) is 36.4 Å². The number of benzene rings is 2. The monoisotopic (exact) mass is 533 g/mol. The lowest BCUT2D eigenvalue weighted by atomic mass is 10.1. The predicted molar refractivity (Wildman–Crippen MR) is 136 cm³/mol. The molecule has 6 rings (SSSR count). The first kappa shape index (κ1) is 24.9. The van der Waals surface area contributed by atoms with Gasteiger partial charge in [0.1, 0.15) is 24.1 Å². The molecular formula is C28H25F2N5O4. The van der Waals surface area contributed by atoms with Crippen molar-refractivity contribution in [1.29, 1.82) is 0 Å². The number of nitrogens with one attached hydrogen (secondary N) is 1. The quantitative estimate of drug-likeness (QED) is 0.406. The molecule has 1 amide bonds. The molecule has 11 heteroatoms. The molecule has 1 N–H and O–H groups in total. The van der Waals surface area contributed by atoms with Crippen LogP contribution in [0.2, 0.25) is 0 Å². The molecule has 0 radical (unpaired) electrons. The normalized spacial score (nSPS) is 18.5. The molecule has 39 heavy (non-hydrogen) atoms. The number of aromatic nitrogens is 4. The molecule has 0 saturated carbocycles. The van der Waals surface area contributed by atoms with Gasteiger partial charge in [-0.25, -0.2) is 8.78 Å². The minimum absolute atomic E-state index is 0.0179. The first-order valence-electron chi connectivity index (χ1n) is 12.6. The minimum Gasteiger partial charge on any atom is -0.483 e. The molecule has 2 aliphatic heterocycles.